The van der Waals surface area contributed by atoms with Crippen LogP contribution in [0.3, 0.4) is 0 Å². The third-order valence-corrected chi connectivity index (χ3v) is 3.07. The number of benzene rings is 1. The standard InChI is InChI=1S/C14H17NO3/c16-10-12-5-4-6-13(9-12)18-11-14(17)15-7-2-1-3-8-15/h4-6,9-10H,1-3,7-8,11H2. The lowest BCUT2D eigenvalue weighted by molar-refractivity contribution is -0.134. The summed E-state index contributed by atoms with van der Waals surface area (Å²) in [7, 11) is 0. The first-order chi connectivity index (χ1) is 8.79. The number of hydrogen-bond donors (Lipinski definition) is 0. The second kappa shape index (κ2) is 6.19. The number of rotatable bonds is 4. The van der Waals surface area contributed by atoms with E-state index < -0.39 is 0 Å². The maximum absolute atomic E-state index is 11.9. The molecule has 0 spiro atoms. The fourth-order valence-electron chi connectivity index (χ4n) is 2.06. The highest BCUT2D eigenvalue weighted by Crippen LogP contribution is 2.13. The fraction of sp³-hybridized carbons (Fsp3) is 0.429. The Balaban J connectivity index is 1.86. The van der Waals surface area contributed by atoms with Crippen LogP contribution >= 0.6 is 0 Å². The van der Waals surface area contributed by atoms with Gasteiger partial charge in [-0.25, -0.2) is 0 Å². The summed E-state index contributed by atoms with van der Waals surface area (Å²) >= 11 is 0. The molecule has 96 valence electrons. The van der Waals surface area contributed by atoms with Crippen molar-refractivity contribution in [3.8, 4) is 5.75 Å². The van der Waals surface area contributed by atoms with Gasteiger partial charge in [-0.3, -0.25) is 9.59 Å². The lowest BCUT2D eigenvalue weighted by Gasteiger charge is -2.26. The molecule has 0 saturated carbocycles. The maximum Gasteiger partial charge on any atom is 0.260 e. The molecule has 18 heavy (non-hydrogen) atoms. The second-order valence-electron chi connectivity index (χ2n) is 4.42. The van der Waals surface area contributed by atoms with Crippen LogP contribution < -0.4 is 4.74 Å². The van der Waals surface area contributed by atoms with Gasteiger partial charge in [0.1, 0.15) is 12.0 Å². The molecule has 4 heteroatoms. The quantitative estimate of drug-likeness (QED) is 0.763. The molecule has 1 saturated heterocycles. The van der Waals surface area contributed by atoms with Gasteiger partial charge in [0.05, 0.1) is 0 Å². The predicted molar refractivity (Wildman–Crippen MR) is 67.8 cm³/mol. The number of carbonyl (C=O) groups excluding carboxylic acids is 2. The molecule has 0 unspecified atom stereocenters. The van der Waals surface area contributed by atoms with Crippen LogP contribution in [-0.2, 0) is 4.79 Å². The van der Waals surface area contributed by atoms with Crippen molar-refractivity contribution in [2.75, 3.05) is 19.7 Å². The lowest BCUT2D eigenvalue weighted by atomic mass is 10.1. The maximum atomic E-state index is 11.9. The minimum Gasteiger partial charge on any atom is -0.484 e. The zero-order chi connectivity index (χ0) is 12.8. The molecule has 0 atom stereocenters. The SMILES string of the molecule is O=Cc1cccc(OCC(=O)N2CCCCC2)c1. The van der Waals surface area contributed by atoms with E-state index in [1.807, 2.05) is 4.90 Å². The Kier molecular flexibility index (Phi) is 4.34. The molecule has 1 aromatic rings. The minimum absolute atomic E-state index is 0.0196. The minimum atomic E-state index is 0.0196. The molecule has 4 nitrogen and oxygen atoms in total. The zero-order valence-electron chi connectivity index (χ0n) is 10.3. The van der Waals surface area contributed by atoms with Crippen molar-refractivity contribution >= 4 is 12.2 Å². The number of ether oxygens (including phenoxy) is 1. The van der Waals surface area contributed by atoms with E-state index in [0.29, 0.717) is 11.3 Å². The highest BCUT2D eigenvalue weighted by Gasteiger charge is 2.16. The number of nitrogens with zero attached hydrogens (tertiary/aromatic N) is 1. The van der Waals surface area contributed by atoms with E-state index in [1.54, 1.807) is 24.3 Å². The van der Waals surface area contributed by atoms with Crippen LogP contribution in [0.4, 0.5) is 0 Å². The first-order valence-electron chi connectivity index (χ1n) is 6.25. The third kappa shape index (κ3) is 3.32. The first kappa shape index (κ1) is 12.6. The largest absolute Gasteiger partial charge is 0.484 e. The van der Waals surface area contributed by atoms with Crippen molar-refractivity contribution in [2.24, 2.45) is 0 Å². The summed E-state index contributed by atoms with van der Waals surface area (Å²) in [6, 6.07) is 6.82. The highest BCUT2D eigenvalue weighted by atomic mass is 16.5. The highest BCUT2D eigenvalue weighted by molar-refractivity contribution is 5.78. The lowest BCUT2D eigenvalue weighted by Crippen LogP contribution is -2.38. The molecule has 2 rings (SSSR count). The van der Waals surface area contributed by atoms with E-state index in [-0.39, 0.29) is 12.5 Å². The molecule has 1 fully saturated rings. The summed E-state index contributed by atoms with van der Waals surface area (Å²) in [6.45, 7) is 1.70. The Labute approximate surface area is 107 Å². The van der Waals surface area contributed by atoms with Gasteiger partial charge in [0.25, 0.3) is 5.91 Å². The Morgan fingerprint density at radius 2 is 2.06 bits per heavy atom. The number of piperidine rings is 1. The number of aldehydes is 1. The number of hydrogen-bond acceptors (Lipinski definition) is 3. The molecule has 1 heterocycles. The van der Waals surface area contributed by atoms with Gasteiger partial charge in [0, 0.05) is 18.7 Å². The van der Waals surface area contributed by atoms with E-state index in [9.17, 15) is 9.59 Å². The van der Waals surface area contributed by atoms with E-state index in [4.69, 9.17) is 4.74 Å². The van der Waals surface area contributed by atoms with Crippen LogP contribution in [0.25, 0.3) is 0 Å². The van der Waals surface area contributed by atoms with Crippen LogP contribution in [0.2, 0.25) is 0 Å². The van der Waals surface area contributed by atoms with Gasteiger partial charge in [-0.05, 0) is 31.4 Å². The molecule has 1 aliphatic heterocycles. The normalized spacial score (nSPS) is 15.2. The van der Waals surface area contributed by atoms with Crippen LogP contribution in [0.15, 0.2) is 24.3 Å². The molecule has 1 aromatic carbocycles. The summed E-state index contributed by atoms with van der Waals surface area (Å²) in [5.74, 6) is 0.580. The van der Waals surface area contributed by atoms with E-state index >= 15 is 0 Å². The Morgan fingerprint density at radius 3 is 2.78 bits per heavy atom. The molecule has 1 aliphatic rings. The second-order valence-corrected chi connectivity index (χ2v) is 4.42. The molecular formula is C14H17NO3. The van der Waals surface area contributed by atoms with E-state index in [2.05, 4.69) is 0 Å². The van der Waals surface area contributed by atoms with Crippen LogP contribution in [-0.4, -0.2) is 36.8 Å². The average molecular weight is 247 g/mol. The topological polar surface area (TPSA) is 46.6 Å². The Hall–Kier alpha value is -1.84. The van der Waals surface area contributed by atoms with Gasteiger partial charge in [0.2, 0.25) is 0 Å². The summed E-state index contributed by atoms with van der Waals surface area (Å²) in [6.07, 6.45) is 4.12. The number of likely N-dealkylation sites (tertiary alicyclic amines) is 1. The molecule has 0 aliphatic carbocycles. The first-order valence-corrected chi connectivity index (χ1v) is 6.25. The van der Waals surface area contributed by atoms with Gasteiger partial charge in [-0.1, -0.05) is 12.1 Å². The van der Waals surface area contributed by atoms with E-state index in [0.717, 1.165) is 32.2 Å². The number of carbonyl (C=O) groups is 2. The van der Waals surface area contributed by atoms with Crippen LogP contribution in [0.1, 0.15) is 29.6 Å². The van der Waals surface area contributed by atoms with Gasteiger partial charge < -0.3 is 9.64 Å². The van der Waals surface area contributed by atoms with Crippen LogP contribution in [0.5, 0.6) is 5.75 Å². The fourth-order valence-corrected chi connectivity index (χ4v) is 2.06. The molecule has 0 aromatic heterocycles. The average Bonchev–Trinajstić information content (AvgIpc) is 2.46. The molecule has 0 radical (unpaired) electrons. The van der Waals surface area contributed by atoms with Crippen molar-refractivity contribution in [1.82, 2.24) is 4.90 Å². The Morgan fingerprint density at radius 1 is 1.28 bits per heavy atom. The smallest absolute Gasteiger partial charge is 0.260 e. The number of amides is 1. The van der Waals surface area contributed by atoms with Gasteiger partial charge in [-0.15, -0.1) is 0 Å². The summed E-state index contributed by atoms with van der Waals surface area (Å²) < 4.78 is 5.41. The third-order valence-electron chi connectivity index (χ3n) is 3.07. The van der Waals surface area contributed by atoms with Gasteiger partial charge in [-0.2, -0.15) is 0 Å². The summed E-state index contributed by atoms with van der Waals surface area (Å²) in [5.41, 5.74) is 0.554. The van der Waals surface area contributed by atoms with Gasteiger partial charge >= 0.3 is 0 Å². The zero-order valence-corrected chi connectivity index (χ0v) is 10.3. The van der Waals surface area contributed by atoms with Crippen molar-refractivity contribution in [1.29, 1.82) is 0 Å². The van der Waals surface area contributed by atoms with Crippen LogP contribution in [0, 0.1) is 0 Å². The monoisotopic (exact) mass is 247 g/mol. The molecular weight excluding hydrogens is 230 g/mol. The van der Waals surface area contributed by atoms with Crippen molar-refractivity contribution in [3.63, 3.8) is 0 Å². The predicted octanol–water partition coefficient (Wildman–Crippen LogP) is 1.89. The summed E-state index contributed by atoms with van der Waals surface area (Å²) in [4.78, 5) is 24.3. The molecule has 1 amide bonds. The summed E-state index contributed by atoms with van der Waals surface area (Å²) in [5, 5.41) is 0. The Bertz CT molecular complexity index is 425. The van der Waals surface area contributed by atoms with Crippen molar-refractivity contribution in [2.45, 2.75) is 19.3 Å². The van der Waals surface area contributed by atoms with Crippen molar-refractivity contribution < 1.29 is 14.3 Å². The van der Waals surface area contributed by atoms with Gasteiger partial charge in [0.15, 0.2) is 6.61 Å². The molecule has 0 bridgehead atoms. The van der Waals surface area contributed by atoms with Crippen molar-refractivity contribution in [3.05, 3.63) is 29.8 Å². The molecule has 0 N–H and O–H groups in total. The van der Waals surface area contributed by atoms with E-state index in [1.165, 1.54) is 6.42 Å².